The van der Waals surface area contributed by atoms with E-state index in [0.29, 0.717) is 24.3 Å². The molecule has 0 spiro atoms. The molecule has 2 aromatic carbocycles. The first-order valence-corrected chi connectivity index (χ1v) is 5.59. The predicted molar refractivity (Wildman–Crippen MR) is 61.9 cm³/mol. The van der Waals surface area contributed by atoms with Gasteiger partial charge in [-0.2, -0.15) is 8.78 Å². The molecule has 0 radical (unpaired) electrons. The molecule has 116 valence electrons. The van der Waals surface area contributed by atoms with Gasteiger partial charge in [0.15, 0.2) is 23.3 Å². The van der Waals surface area contributed by atoms with Gasteiger partial charge in [-0.05, 0) is 24.3 Å². The van der Waals surface area contributed by atoms with E-state index in [0.717, 1.165) is 0 Å². The summed E-state index contributed by atoms with van der Waals surface area (Å²) in [4.78, 5) is 0. The van der Waals surface area contributed by atoms with E-state index in [1.807, 2.05) is 0 Å². The minimum absolute atomic E-state index is 0.513. The van der Waals surface area contributed by atoms with Crippen molar-refractivity contribution in [2.45, 2.75) is 0 Å². The van der Waals surface area contributed by atoms with Crippen LogP contribution < -0.4 is 9.31 Å². The summed E-state index contributed by atoms with van der Waals surface area (Å²) >= 11 is 0. The van der Waals surface area contributed by atoms with E-state index >= 15 is 0 Å². The van der Waals surface area contributed by atoms with Crippen molar-refractivity contribution in [2.75, 3.05) is 0 Å². The minimum Gasteiger partial charge on any atom is -0.498 e. The largest absolute Gasteiger partial charge is 0.785 e. The van der Waals surface area contributed by atoms with Crippen LogP contribution in [0.4, 0.5) is 26.3 Å². The zero-order chi connectivity index (χ0) is 16.4. The predicted octanol–water partition coefficient (Wildman–Crippen LogP) is 2.96. The van der Waals surface area contributed by atoms with E-state index < -0.39 is 53.7 Å². The maximum atomic E-state index is 13.3. The Bertz CT molecular complexity index is 652. The third kappa shape index (κ3) is 3.11. The van der Waals surface area contributed by atoms with Gasteiger partial charge in [0, 0.05) is 0 Å². The van der Waals surface area contributed by atoms with E-state index in [1.54, 1.807) is 0 Å². The van der Waals surface area contributed by atoms with Gasteiger partial charge in [0.1, 0.15) is 11.5 Å². The van der Waals surface area contributed by atoms with Gasteiger partial charge in [-0.1, -0.05) is 0 Å². The normalized spacial score (nSPS) is 10.5. The zero-order valence-electron chi connectivity index (χ0n) is 10.4. The van der Waals surface area contributed by atoms with E-state index in [2.05, 4.69) is 9.31 Å². The van der Waals surface area contributed by atoms with Crippen LogP contribution in [0.15, 0.2) is 24.3 Å². The number of halogens is 6. The second kappa shape index (κ2) is 6.18. The van der Waals surface area contributed by atoms with Crippen molar-refractivity contribution in [3.05, 3.63) is 59.2 Å². The Labute approximate surface area is 119 Å². The zero-order valence-corrected chi connectivity index (χ0v) is 10.4. The SMILES string of the molecule is OB(Oc1ccc(F)c(F)c1F)Oc1ccc(F)c(F)c1F. The molecule has 0 atom stereocenters. The van der Waals surface area contributed by atoms with Crippen LogP contribution in [0.25, 0.3) is 0 Å². The van der Waals surface area contributed by atoms with E-state index in [1.165, 1.54) is 0 Å². The maximum Gasteiger partial charge on any atom is 0.785 e. The highest BCUT2D eigenvalue weighted by molar-refractivity contribution is 6.36. The maximum absolute atomic E-state index is 13.3. The second-order valence-electron chi connectivity index (χ2n) is 3.89. The van der Waals surface area contributed by atoms with E-state index in [-0.39, 0.29) is 0 Å². The Morgan fingerprint density at radius 2 is 1.00 bits per heavy atom. The van der Waals surface area contributed by atoms with Crippen molar-refractivity contribution in [1.29, 1.82) is 0 Å². The standard InChI is InChI=1S/C12H5BF6O3/c14-5-1-3-7(11(18)9(5)16)21-13(20)22-8-4-2-6(15)10(17)12(8)19/h1-4,20H. The topological polar surface area (TPSA) is 38.7 Å². The number of benzene rings is 2. The van der Waals surface area contributed by atoms with Gasteiger partial charge in [-0.25, -0.2) is 17.6 Å². The smallest absolute Gasteiger partial charge is 0.498 e. The molecule has 3 nitrogen and oxygen atoms in total. The molecule has 0 bridgehead atoms. The highest BCUT2D eigenvalue weighted by Gasteiger charge is 2.27. The molecular formula is C12H5BF6O3. The lowest BCUT2D eigenvalue weighted by Gasteiger charge is -2.12. The van der Waals surface area contributed by atoms with Crippen LogP contribution in [-0.2, 0) is 0 Å². The first-order valence-electron chi connectivity index (χ1n) is 5.59. The summed E-state index contributed by atoms with van der Waals surface area (Å²) < 4.78 is 86.5. The summed E-state index contributed by atoms with van der Waals surface area (Å²) in [5.41, 5.74) is 0. The van der Waals surface area contributed by atoms with Crippen molar-refractivity contribution in [3.63, 3.8) is 0 Å². The minimum atomic E-state index is -2.39. The van der Waals surface area contributed by atoms with Crippen LogP contribution in [0.3, 0.4) is 0 Å². The van der Waals surface area contributed by atoms with Crippen molar-refractivity contribution in [3.8, 4) is 11.5 Å². The molecule has 0 unspecified atom stereocenters. The monoisotopic (exact) mass is 322 g/mol. The van der Waals surface area contributed by atoms with Crippen molar-refractivity contribution >= 4 is 7.32 Å². The average molecular weight is 322 g/mol. The molecule has 2 rings (SSSR count). The van der Waals surface area contributed by atoms with Crippen LogP contribution in [0, 0.1) is 34.9 Å². The quantitative estimate of drug-likeness (QED) is 0.534. The lowest BCUT2D eigenvalue weighted by Crippen LogP contribution is -2.30. The van der Waals surface area contributed by atoms with Gasteiger partial charge in [0.05, 0.1) is 0 Å². The van der Waals surface area contributed by atoms with Gasteiger partial charge in [0.2, 0.25) is 11.6 Å². The second-order valence-corrected chi connectivity index (χ2v) is 3.89. The van der Waals surface area contributed by atoms with Crippen molar-refractivity contribution in [2.24, 2.45) is 0 Å². The summed E-state index contributed by atoms with van der Waals surface area (Å²) in [5.74, 6) is -12.1. The molecular weight excluding hydrogens is 317 g/mol. The molecule has 0 saturated carbocycles. The fourth-order valence-electron chi connectivity index (χ4n) is 1.44. The molecule has 0 aliphatic rings. The third-order valence-corrected chi connectivity index (χ3v) is 2.46. The van der Waals surface area contributed by atoms with Gasteiger partial charge in [-0.15, -0.1) is 0 Å². The number of hydrogen-bond donors (Lipinski definition) is 1. The Balaban J connectivity index is 2.16. The molecule has 1 N–H and O–H groups in total. The van der Waals surface area contributed by atoms with Crippen LogP contribution in [-0.4, -0.2) is 12.3 Å². The molecule has 2 aromatic rings. The molecule has 0 fully saturated rings. The van der Waals surface area contributed by atoms with Crippen molar-refractivity contribution in [1.82, 2.24) is 0 Å². The molecule has 0 aliphatic heterocycles. The van der Waals surface area contributed by atoms with Gasteiger partial charge in [0.25, 0.3) is 0 Å². The highest BCUT2D eigenvalue weighted by atomic mass is 19.2. The summed E-state index contributed by atoms with van der Waals surface area (Å²) in [6.07, 6.45) is 0. The fraction of sp³-hybridized carbons (Fsp3) is 0. The Morgan fingerprint density at radius 1 is 0.636 bits per heavy atom. The summed E-state index contributed by atoms with van der Waals surface area (Å²) in [6.45, 7) is 0. The summed E-state index contributed by atoms with van der Waals surface area (Å²) in [6, 6.07) is 2.31. The van der Waals surface area contributed by atoms with Gasteiger partial charge in [-0.3, -0.25) is 0 Å². The highest BCUT2D eigenvalue weighted by Crippen LogP contribution is 2.25. The first-order chi connectivity index (χ1) is 10.3. The first kappa shape index (κ1) is 16.0. The average Bonchev–Trinajstić information content (AvgIpc) is 2.48. The van der Waals surface area contributed by atoms with E-state index in [9.17, 15) is 31.4 Å². The molecule has 0 aliphatic carbocycles. The molecule has 22 heavy (non-hydrogen) atoms. The van der Waals surface area contributed by atoms with Crippen molar-refractivity contribution < 1.29 is 40.7 Å². The molecule has 0 heterocycles. The van der Waals surface area contributed by atoms with Gasteiger partial charge >= 0.3 is 7.32 Å². The summed E-state index contributed by atoms with van der Waals surface area (Å²) in [5, 5.41) is 9.32. The lowest BCUT2D eigenvalue weighted by atomic mass is 10.2. The lowest BCUT2D eigenvalue weighted by molar-refractivity contribution is 0.278. The number of hydrogen-bond acceptors (Lipinski definition) is 3. The van der Waals surface area contributed by atoms with Crippen LogP contribution >= 0.6 is 0 Å². The fourth-order valence-corrected chi connectivity index (χ4v) is 1.44. The number of rotatable bonds is 4. The molecule has 0 saturated heterocycles. The van der Waals surface area contributed by atoms with Gasteiger partial charge < -0.3 is 14.3 Å². The Morgan fingerprint density at radius 3 is 1.36 bits per heavy atom. The molecule has 0 amide bonds. The van der Waals surface area contributed by atoms with Crippen LogP contribution in [0.1, 0.15) is 0 Å². The summed E-state index contributed by atoms with van der Waals surface area (Å²) in [7, 11) is -2.39. The third-order valence-electron chi connectivity index (χ3n) is 2.46. The Hall–Kier alpha value is -2.36. The Kier molecular flexibility index (Phi) is 4.50. The molecule has 10 heteroatoms. The molecule has 0 aromatic heterocycles. The van der Waals surface area contributed by atoms with Crippen LogP contribution in [0.2, 0.25) is 0 Å². The van der Waals surface area contributed by atoms with Crippen LogP contribution in [0.5, 0.6) is 11.5 Å². The van der Waals surface area contributed by atoms with E-state index in [4.69, 9.17) is 0 Å².